The van der Waals surface area contributed by atoms with Crippen molar-refractivity contribution in [2.24, 2.45) is 5.92 Å². The van der Waals surface area contributed by atoms with Gasteiger partial charge in [0.05, 0.1) is 0 Å². The van der Waals surface area contributed by atoms with Crippen LogP contribution in [0.2, 0.25) is 0 Å². The van der Waals surface area contributed by atoms with Gasteiger partial charge in [-0.05, 0) is 28.2 Å². The van der Waals surface area contributed by atoms with Gasteiger partial charge < -0.3 is 15.2 Å². The first-order valence-corrected chi connectivity index (χ1v) is 8.37. The molecule has 0 aliphatic heterocycles. The van der Waals surface area contributed by atoms with Crippen molar-refractivity contribution in [3.05, 3.63) is 59.7 Å². The number of carboxylic acid groups (broad SMARTS) is 1. The maximum absolute atomic E-state index is 11.9. The largest absolute Gasteiger partial charge is 0.481 e. The van der Waals surface area contributed by atoms with Crippen molar-refractivity contribution in [3.8, 4) is 11.1 Å². The molecule has 2 N–H and O–H groups in total. The Balaban J connectivity index is 1.62. The van der Waals surface area contributed by atoms with Crippen LogP contribution < -0.4 is 5.32 Å². The molecule has 1 aliphatic carbocycles. The lowest BCUT2D eigenvalue weighted by Gasteiger charge is -2.15. The number of carbonyl (C=O) groups is 2. The first-order valence-electron chi connectivity index (χ1n) is 8.37. The fraction of sp³-hybridized carbons (Fsp3) is 0.300. The smallest absolute Gasteiger partial charge is 0.407 e. The summed E-state index contributed by atoms with van der Waals surface area (Å²) in [6.07, 6.45) is -0.497. The Morgan fingerprint density at radius 1 is 1.08 bits per heavy atom. The minimum absolute atomic E-state index is 0.0175. The molecule has 0 fully saturated rings. The van der Waals surface area contributed by atoms with Gasteiger partial charge in [0, 0.05) is 18.9 Å². The van der Waals surface area contributed by atoms with Gasteiger partial charge in [0.15, 0.2) is 0 Å². The fourth-order valence-electron chi connectivity index (χ4n) is 3.28. The summed E-state index contributed by atoms with van der Waals surface area (Å²) in [5, 5.41) is 11.4. The van der Waals surface area contributed by atoms with Gasteiger partial charge >= 0.3 is 12.1 Å². The number of aliphatic carboxylic acids is 1. The average Bonchev–Trinajstić information content (AvgIpc) is 2.92. The standard InChI is InChI=1S/C20H21NO4/c1-13(10-19(22)23)11-21-20(24)25-12-18-16-8-4-2-6-14(16)15-7-3-5-9-17(15)18/h2-9,13,18H,10-12H2,1H3,(H,21,24)(H,22,23)/t13-/m1/s1. The van der Waals surface area contributed by atoms with E-state index in [0.717, 1.165) is 11.1 Å². The third-order valence-electron chi connectivity index (χ3n) is 4.46. The van der Waals surface area contributed by atoms with Crippen LogP contribution >= 0.6 is 0 Å². The van der Waals surface area contributed by atoms with Gasteiger partial charge in [0.25, 0.3) is 0 Å². The number of amides is 1. The van der Waals surface area contributed by atoms with Crippen LogP contribution in [-0.2, 0) is 9.53 Å². The average molecular weight is 339 g/mol. The highest BCUT2D eigenvalue weighted by atomic mass is 16.5. The number of ether oxygens (including phenoxy) is 1. The van der Waals surface area contributed by atoms with Gasteiger partial charge in [0.1, 0.15) is 6.61 Å². The molecule has 0 saturated heterocycles. The Bertz CT molecular complexity index is 741. The maximum atomic E-state index is 11.9. The number of benzene rings is 2. The van der Waals surface area contributed by atoms with E-state index in [2.05, 4.69) is 29.6 Å². The van der Waals surface area contributed by atoms with Crippen LogP contribution in [0.3, 0.4) is 0 Å². The Morgan fingerprint density at radius 2 is 1.64 bits per heavy atom. The molecular formula is C20H21NO4. The highest BCUT2D eigenvalue weighted by molar-refractivity contribution is 5.79. The van der Waals surface area contributed by atoms with Crippen LogP contribution in [0.15, 0.2) is 48.5 Å². The second-order valence-corrected chi connectivity index (χ2v) is 6.41. The summed E-state index contributed by atoms with van der Waals surface area (Å²) in [4.78, 5) is 22.6. The maximum Gasteiger partial charge on any atom is 0.407 e. The van der Waals surface area contributed by atoms with Crippen molar-refractivity contribution >= 4 is 12.1 Å². The van der Waals surface area contributed by atoms with Crippen molar-refractivity contribution in [1.29, 1.82) is 0 Å². The molecule has 5 nitrogen and oxygen atoms in total. The number of hydrogen-bond acceptors (Lipinski definition) is 3. The summed E-state index contributed by atoms with van der Waals surface area (Å²) in [6.45, 7) is 2.31. The molecule has 130 valence electrons. The summed E-state index contributed by atoms with van der Waals surface area (Å²) in [5.41, 5.74) is 4.69. The number of carbonyl (C=O) groups excluding carboxylic acids is 1. The van der Waals surface area contributed by atoms with Crippen molar-refractivity contribution in [2.45, 2.75) is 19.3 Å². The van der Waals surface area contributed by atoms with Crippen LogP contribution in [-0.4, -0.2) is 30.3 Å². The number of nitrogens with one attached hydrogen (secondary N) is 1. The van der Waals surface area contributed by atoms with Crippen LogP contribution in [0.4, 0.5) is 4.79 Å². The van der Waals surface area contributed by atoms with Gasteiger partial charge in [-0.3, -0.25) is 4.79 Å². The van der Waals surface area contributed by atoms with Crippen molar-refractivity contribution in [1.82, 2.24) is 5.32 Å². The second kappa shape index (κ2) is 7.38. The Kier molecular flexibility index (Phi) is 5.03. The van der Waals surface area contributed by atoms with Crippen molar-refractivity contribution in [2.75, 3.05) is 13.2 Å². The summed E-state index contributed by atoms with van der Waals surface area (Å²) in [7, 11) is 0. The molecule has 0 aromatic heterocycles. The molecule has 3 rings (SSSR count). The highest BCUT2D eigenvalue weighted by Gasteiger charge is 2.28. The van der Waals surface area contributed by atoms with Crippen molar-refractivity contribution in [3.63, 3.8) is 0 Å². The third kappa shape index (κ3) is 3.82. The Morgan fingerprint density at radius 3 is 2.20 bits per heavy atom. The Labute approximate surface area is 146 Å². The molecule has 0 saturated carbocycles. The zero-order valence-corrected chi connectivity index (χ0v) is 14.1. The predicted molar refractivity (Wildman–Crippen MR) is 94.5 cm³/mol. The van der Waals surface area contributed by atoms with Crippen molar-refractivity contribution < 1.29 is 19.4 Å². The van der Waals surface area contributed by atoms with E-state index in [1.165, 1.54) is 11.1 Å². The van der Waals surface area contributed by atoms with Crippen LogP contribution in [0, 0.1) is 5.92 Å². The van der Waals surface area contributed by atoms with Gasteiger partial charge in [-0.2, -0.15) is 0 Å². The molecule has 0 heterocycles. The van der Waals surface area contributed by atoms with Crippen LogP contribution in [0.5, 0.6) is 0 Å². The summed E-state index contributed by atoms with van der Waals surface area (Å²) < 4.78 is 5.40. The van der Waals surface area contributed by atoms with E-state index in [4.69, 9.17) is 9.84 Å². The first kappa shape index (κ1) is 17.0. The van der Waals surface area contributed by atoms with Gasteiger partial charge in [-0.25, -0.2) is 4.79 Å². The van der Waals surface area contributed by atoms with E-state index in [-0.39, 0.29) is 31.4 Å². The van der Waals surface area contributed by atoms with E-state index in [9.17, 15) is 9.59 Å². The molecule has 1 atom stereocenters. The molecule has 5 heteroatoms. The summed E-state index contributed by atoms with van der Waals surface area (Å²) in [6, 6.07) is 16.3. The molecular weight excluding hydrogens is 318 g/mol. The monoisotopic (exact) mass is 339 g/mol. The topological polar surface area (TPSA) is 75.6 Å². The number of alkyl carbamates (subject to hydrolysis) is 1. The molecule has 1 amide bonds. The Hall–Kier alpha value is -2.82. The van der Waals surface area contributed by atoms with E-state index >= 15 is 0 Å². The lowest BCUT2D eigenvalue weighted by molar-refractivity contribution is -0.137. The lowest BCUT2D eigenvalue weighted by atomic mass is 9.98. The SMILES string of the molecule is C[C@@H](CNC(=O)OCC1c2ccccc2-c2ccccc21)CC(=O)O. The summed E-state index contributed by atoms with van der Waals surface area (Å²) >= 11 is 0. The van der Waals surface area contributed by atoms with Crippen LogP contribution in [0.25, 0.3) is 11.1 Å². The highest BCUT2D eigenvalue weighted by Crippen LogP contribution is 2.44. The molecule has 25 heavy (non-hydrogen) atoms. The summed E-state index contributed by atoms with van der Waals surface area (Å²) in [5.74, 6) is -0.991. The van der Waals surface area contributed by atoms with Crippen LogP contribution in [0.1, 0.15) is 30.4 Å². The molecule has 0 radical (unpaired) electrons. The lowest BCUT2D eigenvalue weighted by Crippen LogP contribution is -2.30. The van der Waals surface area contributed by atoms with E-state index in [0.29, 0.717) is 0 Å². The van der Waals surface area contributed by atoms with E-state index in [1.807, 2.05) is 24.3 Å². The zero-order chi connectivity index (χ0) is 17.8. The molecule has 2 aromatic carbocycles. The van der Waals surface area contributed by atoms with Gasteiger partial charge in [-0.15, -0.1) is 0 Å². The molecule has 0 bridgehead atoms. The second-order valence-electron chi connectivity index (χ2n) is 6.41. The molecule has 1 aliphatic rings. The van der Waals surface area contributed by atoms with E-state index < -0.39 is 12.1 Å². The number of fused-ring (bicyclic) bond motifs is 3. The molecule has 0 unspecified atom stereocenters. The fourth-order valence-corrected chi connectivity index (χ4v) is 3.28. The predicted octanol–water partition coefficient (Wildman–Crippen LogP) is 3.64. The zero-order valence-electron chi connectivity index (χ0n) is 14.1. The quantitative estimate of drug-likeness (QED) is 0.842. The number of carboxylic acids is 1. The van der Waals surface area contributed by atoms with Gasteiger partial charge in [-0.1, -0.05) is 55.5 Å². The number of hydrogen-bond donors (Lipinski definition) is 2. The van der Waals surface area contributed by atoms with E-state index in [1.54, 1.807) is 6.92 Å². The van der Waals surface area contributed by atoms with Gasteiger partial charge in [0.2, 0.25) is 0 Å². The molecule has 2 aromatic rings. The minimum Gasteiger partial charge on any atom is -0.481 e. The normalized spacial score (nSPS) is 13.6. The minimum atomic E-state index is -0.873. The first-order chi connectivity index (χ1) is 12.1. The number of rotatable bonds is 6. The third-order valence-corrected chi connectivity index (χ3v) is 4.46. The molecule has 0 spiro atoms.